The van der Waals surface area contributed by atoms with E-state index >= 15 is 0 Å². The Balaban J connectivity index is 1.29. The Morgan fingerprint density at radius 1 is 1.00 bits per heavy atom. The third-order valence-corrected chi connectivity index (χ3v) is 5.91. The van der Waals surface area contributed by atoms with Gasteiger partial charge in [0, 0.05) is 31.9 Å². The van der Waals surface area contributed by atoms with Crippen molar-refractivity contribution in [2.45, 2.75) is 23.8 Å². The average Bonchev–Trinajstić information content (AvgIpc) is 3.21. The van der Waals surface area contributed by atoms with Gasteiger partial charge in [0.2, 0.25) is 11.8 Å². The molecule has 29 heavy (non-hydrogen) atoms. The highest BCUT2D eigenvalue weighted by Gasteiger charge is 2.27. The van der Waals surface area contributed by atoms with Crippen molar-refractivity contribution in [3.8, 4) is 0 Å². The molecular weight excluding hydrogens is 384 g/mol. The van der Waals surface area contributed by atoms with Crippen molar-refractivity contribution in [3.05, 3.63) is 72.1 Å². The highest BCUT2D eigenvalue weighted by Crippen LogP contribution is 2.25. The molecule has 150 valence electrons. The van der Waals surface area contributed by atoms with E-state index in [1.165, 1.54) is 17.4 Å². The summed E-state index contributed by atoms with van der Waals surface area (Å²) >= 11 is 1.33. The summed E-state index contributed by atoms with van der Waals surface area (Å²) in [4.78, 5) is 17.1. The maximum atomic E-state index is 12.8. The lowest BCUT2D eigenvalue weighted by Gasteiger charge is -2.37. The molecule has 0 spiro atoms. The number of anilines is 1. The second kappa shape index (κ2) is 9.13. The van der Waals surface area contributed by atoms with E-state index in [0.29, 0.717) is 17.5 Å². The lowest BCUT2D eigenvalue weighted by Crippen LogP contribution is -2.50. The minimum Gasteiger partial charge on any atom is -0.416 e. The van der Waals surface area contributed by atoms with Gasteiger partial charge in [0.1, 0.15) is 0 Å². The molecule has 1 aromatic heterocycles. The molecule has 1 atom stereocenters. The van der Waals surface area contributed by atoms with Crippen LogP contribution < -0.4 is 4.90 Å². The predicted octanol–water partition coefficient (Wildman–Crippen LogP) is 3.49. The number of carbonyl (C=O) groups excluding carboxylic acids is 1. The van der Waals surface area contributed by atoms with Crippen LogP contribution in [0.25, 0.3) is 0 Å². The number of piperazine rings is 1. The molecule has 4 rings (SSSR count). The Morgan fingerprint density at radius 3 is 2.34 bits per heavy atom. The molecule has 0 saturated carbocycles. The summed E-state index contributed by atoms with van der Waals surface area (Å²) < 4.78 is 5.73. The first-order valence-corrected chi connectivity index (χ1v) is 10.7. The number of nitrogens with zero attached hydrogens (tertiary/aromatic N) is 4. The van der Waals surface area contributed by atoms with E-state index in [-0.39, 0.29) is 11.2 Å². The highest BCUT2D eigenvalue weighted by molar-refractivity contribution is 8.00. The fourth-order valence-electron chi connectivity index (χ4n) is 3.41. The van der Waals surface area contributed by atoms with Gasteiger partial charge in [-0.2, -0.15) is 0 Å². The number of hydrogen-bond acceptors (Lipinski definition) is 6. The fourth-order valence-corrected chi connectivity index (χ4v) is 4.19. The van der Waals surface area contributed by atoms with Crippen molar-refractivity contribution in [1.29, 1.82) is 0 Å². The molecule has 1 saturated heterocycles. The van der Waals surface area contributed by atoms with Crippen molar-refractivity contribution < 1.29 is 9.21 Å². The number of rotatable bonds is 6. The van der Waals surface area contributed by atoms with Gasteiger partial charge < -0.3 is 14.2 Å². The van der Waals surface area contributed by atoms with Crippen LogP contribution >= 0.6 is 11.8 Å². The SMILES string of the molecule is C[C@@H](Sc1nnc(Cc2ccccc2)o1)C(=O)N1CCN(c2ccccc2)CC1. The van der Waals surface area contributed by atoms with Crippen LogP contribution in [0.4, 0.5) is 5.69 Å². The first-order chi connectivity index (χ1) is 14.2. The van der Waals surface area contributed by atoms with E-state index in [9.17, 15) is 4.79 Å². The van der Waals surface area contributed by atoms with Gasteiger partial charge in [-0.05, 0) is 24.6 Å². The number of thioether (sulfide) groups is 1. The van der Waals surface area contributed by atoms with Gasteiger partial charge in [-0.1, -0.05) is 60.3 Å². The van der Waals surface area contributed by atoms with Gasteiger partial charge >= 0.3 is 0 Å². The van der Waals surface area contributed by atoms with Crippen molar-refractivity contribution in [2.24, 2.45) is 0 Å². The number of aromatic nitrogens is 2. The standard InChI is InChI=1S/C22H24N4O2S/c1-17(29-22-24-23-20(28-22)16-18-8-4-2-5-9-18)21(27)26-14-12-25(13-15-26)19-10-6-3-7-11-19/h2-11,17H,12-16H2,1H3/t17-/m1/s1. The zero-order valence-corrected chi connectivity index (χ0v) is 17.2. The Morgan fingerprint density at radius 2 is 1.66 bits per heavy atom. The number of para-hydroxylation sites is 1. The van der Waals surface area contributed by atoms with Crippen molar-refractivity contribution in [1.82, 2.24) is 15.1 Å². The molecule has 3 aromatic rings. The minimum absolute atomic E-state index is 0.116. The highest BCUT2D eigenvalue weighted by atomic mass is 32.2. The largest absolute Gasteiger partial charge is 0.416 e. The van der Waals surface area contributed by atoms with E-state index < -0.39 is 0 Å². The molecule has 0 N–H and O–H groups in total. The lowest BCUT2D eigenvalue weighted by atomic mass is 10.2. The summed E-state index contributed by atoms with van der Waals surface area (Å²) in [5.74, 6) is 0.681. The van der Waals surface area contributed by atoms with Gasteiger partial charge in [0.15, 0.2) is 0 Å². The van der Waals surface area contributed by atoms with Crippen LogP contribution in [-0.2, 0) is 11.2 Å². The third kappa shape index (κ3) is 4.98. The monoisotopic (exact) mass is 408 g/mol. The van der Waals surface area contributed by atoms with Gasteiger partial charge in [0.05, 0.1) is 11.7 Å². The smallest absolute Gasteiger partial charge is 0.277 e. The van der Waals surface area contributed by atoms with E-state index in [4.69, 9.17) is 4.42 Å². The average molecular weight is 409 g/mol. The van der Waals surface area contributed by atoms with Crippen molar-refractivity contribution in [2.75, 3.05) is 31.1 Å². The van der Waals surface area contributed by atoms with Crippen molar-refractivity contribution in [3.63, 3.8) is 0 Å². The first kappa shape index (κ1) is 19.5. The lowest BCUT2D eigenvalue weighted by molar-refractivity contribution is -0.130. The Labute approximate surface area is 174 Å². The molecule has 1 fully saturated rings. The van der Waals surface area contributed by atoms with Gasteiger partial charge in [-0.3, -0.25) is 4.79 Å². The van der Waals surface area contributed by atoms with Gasteiger partial charge in [-0.15, -0.1) is 10.2 Å². The normalized spacial score (nSPS) is 15.3. The molecule has 7 heteroatoms. The fraction of sp³-hybridized carbons (Fsp3) is 0.318. The third-order valence-electron chi connectivity index (χ3n) is 4.98. The summed E-state index contributed by atoms with van der Waals surface area (Å²) in [6, 6.07) is 20.3. The second-order valence-corrected chi connectivity index (χ2v) is 8.32. The van der Waals surface area contributed by atoms with Crippen LogP contribution in [0.3, 0.4) is 0 Å². The van der Waals surface area contributed by atoms with Crippen LogP contribution in [0.5, 0.6) is 0 Å². The second-order valence-electron chi connectivity index (χ2n) is 7.03. The summed E-state index contributed by atoms with van der Waals surface area (Å²) in [5, 5.41) is 8.39. The molecule has 0 radical (unpaired) electrons. The number of benzene rings is 2. The zero-order chi connectivity index (χ0) is 20.1. The van der Waals surface area contributed by atoms with E-state index in [1.54, 1.807) is 0 Å². The molecule has 2 aromatic carbocycles. The predicted molar refractivity (Wildman–Crippen MR) is 114 cm³/mol. The van der Waals surface area contributed by atoms with Crippen molar-refractivity contribution >= 4 is 23.4 Å². The molecule has 6 nitrogen and oxygen atoms in total. The summed E-state index contributed by atoms with van der Waals surface area (Å²) in [7, 11) is 0. The molecule has 1 aliphatic heterocycles. The van der Waals surface area contributed by atoms with Gasteiger partial charge in [-0.25, -0.2) is 0 Å². The summed E-state index contributed by atoms with van der Waals surface area (Å²) in [5.41, 5.74) is 2.33. The maximum Gasteiger partial charge on any atom is 0.277 e. The molecule has 2 heterocycles. The topological polar surface area (TPSA) is 62.5 Å². The number of carbonyl (C=O) groups is 1. The maximum absolute atomic E-state index is 12.8. The molecule has 1 amide bonds. The molecule has 0 unspecified atom stereocenters. The zero-order valence-electron chi connectivity index (χ0n) is 16.4. The Hall–Kier alpha value is -2.80. The van der Waals surface area contributed by atoms with E-state index in [1.807, 2.05) is 60.4 Å². The Bertz CT molecular complexity index is 924. The summed E-state index contributed by atoms with van der Waals surface area (Å²) in [6.07, 6.45) is 0.595. The molecule has 0 bridgehead atoms. The minimum atomic E-state index is -0.261. The van der Waals surface area contributed by atoms with E-state index in [2.05, 4.69) is 27.2 Å². The van der Waals surface area contributed by atoms with E-state index in [0.717, 1.165) is 31.7 Å². The van der Waals surface area contributed by atoms with Crippen LogP contribution in [0, 0.1) is 0 Å². The van der Waals surface area contributed by atoms with Crippen LogP contribution in [0.1, 0.15) is 18.4 Å². The first-order valence-electron chi connectivity index (χ1n) is 9.81. The quantitative estimate of drug-likeness (QED) is 0.582. The van der Waals surface area contributed by atoms with Crippen LogP contribution in [-0.4, -0.2) is 52.4 Å². The van der Waals surface area contributed by atoms with Crippen LogP contribution in [0.2, 0.25) is 0 Å². The van der Waals surface area contributed by atoms with Gasteiger partial charge in [0.25, 0.3) is 5.22 Å². The molecule has 1 aliphatic rings. The number of amides is 1. The molecule has 0 aliphatic carbocycles. The summed E-state index contributed by atoms with van der Waals surface area (Å²) in [6.45, 7) is 5.03. The Kier molecular flexibility index (Phi) is 6.14. The number of hydrogen-bond donors (Lipinski definition) is 0. The van der Waals surface area contributed by atoms with Crippen LogP contribution in [0.15, 0.2) is 70.3 Å². The molecular formula is C22H24N4O2S.